The Morgan fingerprint density at radius 1 is 1.07 bits per heavy atom. The number of fused-ring (bicyclic) bond motifs is 2. The van der Waals surface area contributed by atoms with Crippen molar-refractivity contribution in [3.63, 3.8) is 0 Å². The van der Waals surface area contributed by atoms with Crippen LogP contribution in [0.1, 0.15) is 69.8 Å². The molecule has 0 saturated heterocycles. The standard InChI is InChI=1S/C33H39N5O5/c1-5-42-28(39)21-27(23-11-7-6-8-12-23)37-20-17-26-30(37)34-22-36(31(26)40)18-10-14-25-16-15-24-13-9-19-38(29(24)35-25)32(41)43-33(2,3)4/h6-8,11-12,15-17,20,22,27H,5,9-10,13-14,18-19,21H2,1-4H3. The second-order valence-electron chi connectivity index (χ2n) is 11.8. The fourth-order valence-corrected chi connectivity index (χ4v) is 5.46. The first kappa shape index (κ1) is 30.0. The van der Waals surface area contributed by atoms with E-state index in [9.17, 15) is 14.4 Å². The molecule has 5 rings (SSSR count). The van der Waals surface area contributed by atoms with E-state index in [-0.39, 0.29) is 30.1 Å². The second kappa shape index (κ2) is 12.8. The Morgan fingerprint density at radius 2 is 1.86 bits per heavy atom. The quantitative estimate of drug-likeness (QED) is 0.240. The molecule has 10 heteroatoms. The molecule has 0 bridgehead atoms. The van der Waals surface area contributed by atoms with Gasteiger partial charge in [0.2, 0.25) is 0 Å². The van der Waals surface area contributed by atoms with Gasteiger partial charge in [0.05, 0.1) is 30.8 Å². The van der Waals surface area contributed by atoms with E-state index < -0.39 is 5.60 Å². The summed E-state index contributed by atoms with van der Waals surface area (Å²) >= 11 is 0. The summed E-state index contributed by atoms with van der Waals surface area (Å²) in [6.07, 6.45) is 6.17. The van der Waals surface area contributed by atoms with Gasteiger partial charge in [0.1, 0.15) is 17.1 Å². The minimum atomic E-state index is -0.584. The Balaban J connectivity index is 1.31. The molecule has 1 amide bonds. The number of hydrogen-bond donors (Lipinski definition) is 0. The molecule has 0 saturated carbocycles. The molecule has 1 aliphatic rings. The van der Waals surface area contributed by atoms with E-state index in [0.717, 1.165) is 29.7 Å². The fourth-order valence-electron chi connectivity index (χ4n) is 5.46. The van der Waals surface area contributed by atoms with Gasteiger partial charge in [-0.15, -0.1) is 0 Å². The van der Waals surface area contributed by atoms with Crippen LogP contribution in [0.2, 0.25) is 0 Å². The summed E-state index contributed by atoms with van der Waals surface area (Å²) in [5, 5.41) is 0.493. The maximum Gasteiger partial charge on any atom is 0.416 e. The number of anilines is 1. The van der Waals surface area contributed by atoms with Gasteiger partial charge in [-0.3, -0.25) is 19.1 Å². The number of ether oxygens (including phenoxy) is 2. The number of carbonyl (C=O) groups excluding carboxylic acids is 2. The lowest BCUT2D eigenvalue weighted by Crippen LogP contribution is -2.40. The molecule has 3 aromatic heterocycles. The number of hydrogen-bond acceptors (Lipinski definition) is 7. The zero-order chi connectivity index (χ0) is 30.6. The van der Waals surface area contributed by atoms with Crippen molar-refractivity contribution in [2.45, 2.75) is 78.0 Å². The molecule has 1 aromatic carbocycles. The molecule has 4 aromatic rings. The van der Waals surface area contributed by atoms with E-state index in [0.29, 0.717) is 49.4 Å². The van der Waals surface area contributed by atoms with Crippen LogP contribution in [0.25, 0.3) is 11.0 Å². The maximum absolute atomic E-state index is 13.4. The second-order valence-corrected chi connectivity index (χ2v) is 11.8. The summed E-state index contributed by atoms with van der Waals surface area (Å²) in [6.45, 7) is 8.69. The van der Waals surface area contributed by atoms with Crippen molar-refractivity contribution < 1.29 is 19.1 Å². The van der Waals surface area contributed by atoms with Gasteiger partial charge in [-0.2, -0.15) is 0 Å². The zero-order valence-corrected chi connectivity index (χ0v) is 25.3. The SMILES string of the molecule is CCOC(=O)CC(c1ccccc1)n1ccc2c(=O)n(CCCc3ccc4c(n3)N(C(=O)OC(C)(C)C)CCC4)cnc21. The van der Waals surface area contributed by atoms with Crippen molar-refractivity contribution in [3.05, 3.63) is 88.2 Å². The van der Waals surface area contributed by atoms with Gasteiger partial charge in [0.25, 0.3) is 5.56 Å². The maximum atomic E-state index is 13.4. The smallest absolute Gasteiger partial charge is 0.416 e. The van der Waals surface area contributed by atoms with Gasteiger partial charge < -0.3 is 14.0 Å². The molecule has 0 fully saturated rings. The Labute approximate surface area is 251 Å². The predicted octanol–water partition coefficient (Wildman–Crippen LogP) is 5.46. The van der Waals surface area contributed by atoms with E-state index in [1.807, 2.05) is 74.0 Å². The highest BCUT2D eigenvalue weighted by Crippen LogP contribution is 2.28. The van der Waals surface area contributed by atoms with Crippen molar-refractivity contribution in [1.29, 1.82) is 0 Å². The topological polar surface area (TPSA) is 109 Å². The summed E-state index contributed by atoms with van der Waals surface area (Å²) in [6, 6.07) is 15.1. The van der Waals surface area contributed by atoms with Gasteiger partial charge >= 0.3 is 12.1 Å². The average Bonchev–Trinajstić information content (AvgIpc) is 3.41. The van der Waals surface area contributed by atoms with Crippen LogP contribution in [-0.4, -0.2) is 49.9 Å². The molecule has 0 aliphatic carbocycles. The Morgan fingerprint density at radius 3 is 2.60 bits per heavy atom. The van der Waals surface area contributed by atoms with Gasteiger partial charge in [-0.1, -0.05) is 36.4 Å². The highest BCUT2D eigenvalue weighted by molar-refractivity contribution is 5.88. The van der Waals surface area contributed by atoms with Crippen LogP contribution >= 0.6 is 0 Å². The van der Waals surface area contributed by atoms with Crippen LogP contribution in [-0.2, 0) is 33.7 Å². The number of benzene rings is 1. The molecule has 0 spiro atoms. The zero-order valence-electron chi connectivity index (χ0n) is 25.3. The van der Waals surface area contributed by atoms with Crippen LogP contribution in [0.15, 0.2) is 65.8 Å². The molecule has 43 heavy (non-hydrogen) atoms. The van der Waals surface area contributed by atoms with E-state index in [2.05, 4.69) is 4.98 Å². The molecule has 226 valence electrons. The van der Waals surface area contributed by atoms with Gasteiger partial charge in [-0.25, -0.2) is 14.8 Å². The number of nitrogens with zero attached hydrogens (tertiary/aromatic N) is 5. The largest absolute Gasteiger partial charge is 0.466 e. The molecule has 4 heterocycles. The van der Waals surface area contributed by atoms with Gasteiger partial charge in [0, 0.05) is 25.0 Å². The van der Waals surface area contributed by atoms with Crippen LogP contribution in [0.5, 0.6) is 0 Å². The number of pyridine rings is 1. The Kier molecular flexibility index (Phi) is 8.94. The van der Waals surface area contributed by atoms with Crippen molar-refractivity contribution >= 4 is 28.9 Å². The first-order valence-electron chi connectivity index (χ1n) is 14.9. The lowest BCUT2D eigenvalue weighted by Gasteiger charge is -2.31. The van der Waals surface area contributed by atoms with Crippen LogP contribution in [0, 0.1) is 0 Å². The number of aromatic nitrogens is 4. The minimum Gasteiger partial charge on any atom is -0.466 e. The highest BCUT2D eigenvalue weighted by Gasteiger charge is 2.28. The molecule has 0 radical (unpaired) electrons. The highest BCUT2D eigenvalue weighted by atomic mass is 16.6. The predicted molar refractivity (Wildman–Crippen MR) is 164 cm³/mol. The monoisotopic (exact) mass is 585 g/mol. The lowest BCUT2D eigenvalue weighted by atomic mass is 10.0. The number of amides is 1. The van der Waals surface area contributed by atoms with E-state index in [1.54, 1.807) is 28.8 Å². The number of rotatable bonds is 9. The third kappa shape index (κ3) is 6.96. The fraction of sp³-hybridized carbons (Fsp3) is 0.424. The summed E-state index contributed by atoms with van der Waals surface area (Å²) < 4.78 is 14.3. The first-order valence-corrected chi connectivity index (χ1v) is 14.9. The molecule has 10 nitrogen and oxygen atoms in total. The summed E-state index contributed by atoms with van der Waals surface area (Å²) in [5.74, 6) is 0.354. The van der Waals surface area contributed by atoms with Crippen LogP contribution < -0.4 is 10.5 Å². The minimum absolute atomic E-state index is 0.130. The average molecular weight is 586 g/mol. The van der Waals surface area contributed by atoms with Gasteiger partial charge in [0.15, 0.2) is 0 Å². The summed E-state index contributed by atoms with van der Waals surface area (Å²) in [5.41, 5.74) is 2.63. The Bertz CT molecular complexity index is 1650. The molecule has 1 unspecified atom stereocenters. The third-order valence-corrected chi connectivity index (χ3v) is 7.43. The number of carbonyl (C=O) groups is 2. The van der Waals surface area contributed by atoms with Crippen molar-refractivity contribution in [2.75, 3.05) is 18.1 Å². The van der Waals surface area contributed by atoms with E-state index >= 15 is 0 Å². The molecule has 1 atom stereocenters. The summed E-state index contributed by atoms with van der Waals surface area (Å²) in [7, 11) is 0. The molecule has 1 aliphatic heterocycles. The van der Waals surface area contributed by atoms with Crippen LogP contribution in [0.4, 0.5) is 10.6 Å². The molecular formula is C33H39N5O5. The van der Waals surface area contributed by atoms with Crippen molar-refractivity contribution in [3.8, 4) is 0 Å². The normalized spacial score (nSPS) is 13.9. The van der Waals surface area contributed by atoms with Gasteiger partial charge in [-0.05, 0) is 76.6 Å². The van der Waals surface area contributed by atoms with Crippen LogP contribution in [0.3, 0.4) is 0 Å². The van der Waals surface area contributed by atoms with Crippen molar-refractivity contribution in [2.24, 2.45) is 0 Å². The van der Waals surface area contributed by atoms with E-state index in [1.165, 1.54) is 0 Å². The number of esters is 1. The third-order valence-electron chi connectivity index (χ3n) is 7.43. The first-order chi connectivity index (χ1) is 20.6. The summed E-state index contributed by atoms with van der Waals surface area (Å²) in [4.78, 5) is 49.8. The molecule has 0 N–H and O–H groups in total. The molecular weight excluding hydrogens is 546 g/mol. The van der Waals surface area contributed by atoms with Crippen molar-refractivity contribution in [1.82, 2.24) is 19.1 Å². The lowest BCUT2D eigenvalue weighted by molar-refractivity contribution is -0.143. The Hall–Kier alpha value is -4.47. The number of aryl methyl sites for hydroxylation is 3. The van der Waals surface area contributed by atoms with E-state index in [4.69, 9.17) is 14.5 Å².